The van der Waals surface area contributed by atoms with Crippen LogP contribution in [0.15, 0.2) is 24.3 Å². The van der Waals surface area contributed by atoms with Gasteiger partial charge in [-0.05, 0) is 50.0 Å². The van der Waals surface area contributed by atoms with Crippen molar-refractivity contribution in [3.63, 3.8) is 0 Å². The maximum absolute atomic E-state index is 12.5. The van der Waals surface area contributed by atoms with Gasteiger partial charge in [0.05, 0.1) is 19.6 Å². The predicted molar refractivity (Wildman–Crippen MR) is 106 cm³/mol. The van der Waals surface area contributed by atoms with E-state index in [1.807, 2.05) is 32.0 Å². The predicted octanol–water partition coefficient (Wildman–Crippen LogP) is 2.87. The van der Waals surface area contributed by atoms with Gasteiger partial charge in [-0.1, -0.05) is 13.0 Å². The molecule has 1 unspecified atom stereocenters. The number of hydrogen-bond donors (Lipinski definition) is 1. The normalized spacial score (nSPS) is 17.0. The van der Waals surface area contributed by atoms with Crippen LogP contribution < -0.4 is 14.8 Å². The topological polar surface area (TPSA) is 67.9 Å². The number of methoxy groups -OCH3 is 1. The molecule has 148 valence electrons. The van der Waals surface area contributed by atoms with E-state index >= 15 is 0 Å². The smallest absolute Gasteiger partial charge is 0.246 e. The van der Waals surface area contributed by atoms with Gasteiger partial charge >= 0.3 is 0 Å². The molecular weight excluding hydrogens is 344 g/mol. The van der Waals surface area contributed by atoms with Crippen molar-refractivity contribution in [3.8, 4) is 11.5 Å². The molecule has 27 heavy (non-hydrogen) atoms. The van der Waals surface area contributed by atoms with Gasteiger partial charge in [0.2, 0.25) is 11.8 Å². The Bertz CT molecular complexity index is 672. The van der Waals surface area contributed by atoms with Crippen molar-refractivity contribution < 1.29 is 19.1 Å². The zero-order valence-corrected chi connectivity index (χ0v) is 16.5. The van der Waals surface area contributed by atoms with Gasteiger partial charge < -0.3 is 19.7 Å². The van der Waals surface area contributed by atoms with Gasteiger partial charge in [0.25, 0.3) is 0 Å². The van der Waals surface area contributed by atoms with E-state index in [-0.39, 0.29) is 17.7 Å². The lowest BCUT2D eigenvalue weighted by molar-refractivity contribution is -0.132. The summed E-state index contributed by atoms with van der Waals surface area (Å²) in [6.07, 6.45) is 5.91. The molecule has 6 heteroatoms. The number of nitrogens with zero attached hydrogens (tertiary/aromatic N) is 1. The van der Waals surface area contributed by atoms with E-state index in [1.165, 1.54) is 0 Å². The Morgan fingerprint density at radius 2 is 2.11 bits per heavy atom. The summed E-state index contributed by atoms with van der Waals surface area (Å²) in [6.45, 7) is 6.35. The lowest BCUT2D eigenvalue weighted by Gasteiger charge is -2.31. The monoisotopic (exact) mass is 374 g/mol. The van der Waals surface area contributed by atoms with Gasteiger partial charge in [-0.3, -0.25) is 9.59 Å². The SMILES string of the molecule is CCCNC(=O)C1CCCN(C(=O)/C=C/c2ccc(OCC)c(OC)c2)C1. The highest BCUT2D eigenvalue weighted by atomic mass is 16.5. The van der Waals surface area contributed by atoms with Crippen molar-refractivity contribution in [1.29, 1.82) is 0 Å². The van der Waals surface area contributed by atoms with Crippen LogP contribution in [0.25, 0.3) is 6.08 Å². The first kappa shape index (κ1) is 20.8. The number of carbonyl (C=O) groups excluding carboxylic acids is 2. The second kappa shape index (κ2) is 10.6. The van der Waals surface area contributed by atoms with Crippen LogP contribution in [0, 0.1) is 5.92 Å². The fourth-order valence-corrected chi connectivity index (χ4v) is 3.12. The number of benzene rings is 1. The van der Waals surface area contributed by atoms with E-state index in [2.05, 4.69) is 5.32 Å². The summed E-state index contributed by atoms with van der Waals surface area (Å²) in [5.74, 6) is 1.18. The van der Waals surface area contributed by atoms with Gasteiger partial charge in [0, 0.05) is 25.7 Å². The number of amides is 2. The molecule has 0 aliphatic carbocycles. The van der Waals surface area contributed by atoms with Crippen LogP contribution in [0.2, 0.25) is 0 Å². The number of nitrogens with one attached hydrogen (secondary N) is 1. The van der Waals surface area contributed by atoms with Crippen LogP contribution in [0.5, 0.6) is 11.5 Å². The van der Waals surface area contributed by atoms with Crippen LogP contribution in [0.4, 0.5) is 0 Å². The Labute approximate surface area is 161 Å². The highest BCUT2D eigenvalue weighted by molar-refractivity contribution is 5.92. The summed E-state index contributed by atoms with van der Waals surface area (Å²) in [5.41, 5.74) is 0.859. The molecule has 0 aromatic heterocycles. The summed E-state index contributed by atoms with van der Waals surface area (Å²) >= 11 is 0. The number of rotatable bonds is 8. The van der Waals surface area contributed by atoms with E-state index in [0.717, 1.165) is 24.8 Å². The summed E-state index contributed by atoms with van der Waals surface area (Å²) in [5, 5.41) is 2.93. The van der Waals surface area contributed by atoms with Crippen LogP contribution in [-0.2, 0) is 9.59 Å². The number of hydrogen-bond acceptors (Lipinski definition) is 4. The lowest BCUT2D eigenvalue weighted by atomic mass is 9.97. The summed E-state index contributed by atoms with van der Waals surface area (Å²) < 4.78 is 10.8. The average molecular weight is 374 g/mol. The van der Waals surface area contributed by atoms with Crippen molar-refractivity contribution in [2.75, 3.05) is 33.4 Å². The molecule has 6 nitrogen and oxygen atoms in total. The molecule has 2 rings (SSSR count). The van der Waals surface area contributed by atoms with Crippen molar-refractivity contribution >= 4 is 17.9 Å². The molecule has 1 aromatic carbocycles. The van der Waals surface area contributed by atoms with Gasteiger partial charge in [-0.25, -0.2) is 0 Å². The maximum atomic E-state index is 12.5. The summed E-state index contributed by atoms with van der Waals surface area (Å²) in [4.78, 5) is 26.4. The van der Waals surface area contributed by atoms with Crippen molar-refractivity contribution in [2.24, 2.45) is 5.92 Å². The van der Waals surface area contributed by atoms with Gasteiger partial charge in [-0.2, -0.15) is 0 Å². The number of ether oxygens (including phenoxy) is 2. The van der Waals surface area contributed by atoms with Crippen LogP contribution in [0.3, 0.4) is 0 Å². The zero-order valence-electron chi connectivity index (χ0n) is 16.5. The Balaban J connectivity index is 1.98. The molecule has 0 radical (unpaired) electrons. The van der Waals surface area contributed by atoms with E-state index in [0.29, 0.717) is 37.7 Å². The highest BCUT2D eigenvalue weighted by Crippen LogP contribution is 2.28. The van der Waals surface area contributed by atoms with Crippen LogP contribution in [0.1, 0.15) is 38.7 Å². The second-order valence-corrected chi connectivity index (χ2v) is 6.59. The fourth-order valence-electron chi connectivity index (χ4n) is 3.12. The second-order valence-electron chi connectivity index (χ2n) is 6.59. The van der Waals surface area contributed by atoms with E-state index in [1.54, 1.807) is 24.2 Å². The van der Waals surface area contributed by atoms with Crippen molar-refractivity contribution in [3.05, 3.63) is 29.8 Å². The molecule has 1 fully saturated rings. The molecule has 0 spiro atoms. The molecule has 1 saturated heterocycles. The first-order chi connectivity index (χ1) is 13.1. The molecule has 2 amide bonds. The molecule has 0 saturated carbocycles. The Morgan fingerprint density at radius 3 is 2.81 bits per heavy atom. The minimum Gasteiger partial charge on any atom is -0.493 e. The Morgan fingerprint density at radius 1 is 1.30 bits per heavy atom. The maximum Gasteiger partial charge on any atom is 0.246 e. The molecule has 1 aliphatic rings. The third kappa shape index (κ3) is 6.01. The molecular formula is C21H30N2O4. The first-order valence-corrected chi connectivity index (χ1v) is 9.64. The Hall–Kier alpha value is -2.50. The first-order valence-electron chi connectivity index (χ1n) is 9.64. The third-order valence-corrected chi connectivity index (χ3v) is 4.56. The zero-order chi connectivity index (χ0) is 19.6. The summed E-state index contributed by atoms with van der Waals surface area (Å²) in [6, 6.07) is 5.56. The Kier molecular flexibility index (Phi) is 8.17. The van der Waals surface area contributed by atoms with Crippen molar-refractivity contribution in [1.82, 2.24) is 10.2 Å². The summed E-state index contributed by atoms with van der Waals surface area (Å²) in [7, 11) is 1.59. The number of piperidine rings is 1. The van der Waals surface area contributed by atoms with Gasteiger partial charge in [0.1, 0.15) is 0 Å². The molecule has 1 aliphatic heterocycles. The fraction of sp³-hybridized carbons (Fsp3) is 0.524. The number of carbonyl (C=O) groups is 2. The van der Waals surface area contributed by atoms with Gasteiger partial charge in [-0.15, -0.1) is 0 Å². The van der Waals surface area contributed by atoms with E-state index in [4.69, 9.17) is 9.47 Å². The molecule has 0 bridgehead atoms. The quantitative estimate of drug-likeness (QED) is 0.711. The average Bonchev–Trinajstić information content (AvgIpc) is 2.71. The standard InChI is InChI=1S/C21H30N2O4/c1-4-12-22-21(25)17-7-6-13-23(15-17)20(24)11-9-16-8-10-18(27-5-2)19(14-16)26-3/h8-11,14,17H,4-7,12-13,15H2,1-3H3,(H,22,25)/b11-9+. The molecule has 1 heterocycles. The molecule has 1 N–H and O–H groups in total. The molecule has 1 atom stereocenters. The van der Waals surface area contributed by atoms with Crippen molar-refractivity contribution in [2.45, 2.75) is 33.1 Å². The lowest BCUT2D eigenvalue weighted by Crippen LogP contribution is -2.45. The van der Waals surface area contributed by atoms with E-state index in [9.17, 15) is 9.59 Å². The highest BCUT2D eigenvalue weighted by Gasteiger charge is 2.27. The van der Waals surface area contributed by atoms with Crippen LogP contribution >= 0.6 is 0 Å². The van der Waals surface area contributed by atoms with E-state index < -0.39 is 0 Å². The van der Waals surface area contributed by atoms with Crippen LogP contribution in [-0.4, -0.2) is 50.1 Å². The molecule has 1 aromatic rings. The largest absolute Gasteiger partial charge is 0.493 e. The van der Waals surface area contributed by atoms with Gasteiger partial charge in [0.15, 0.2) is 11.5 Å². The third-order valence-electron chi connectivity index (χ3n) is 4.56. The number of likely N-dealkylation sites (tertiary alicyclic amines) is 1. The minimum atomic E-state index is -0.117. The minimum absolute atomic E-state index is 0.0505.